The maximum Gasteiger partial charge on any atom is 0.246 e. The monoisotopic (exact) mass is 1020 g/mol. The Morgan fingerprint density at radius 3 is 2.15 bits per heavy atom. The Morgan fingerprint density at radius 2 is 1.51 bits per heavy atom. The highest BCUT2D eigenvalue weighted by atomic mass is 32.1. The van der Waals surface area contributed by atoms with Crippen molar-refractivity contribution in [2.45, 2.75) is 146 Å². The third kappa shape index (κ3) is 9.92. The van der Waals surface area contributed by atoms with Gasteiger partial charge in [-0.15, -0.1) is 21.5 Å². The smallest absolute Gasteiger partial charge is 0.246 e. The van der Waals surface area contributed by atoms with Gasteiger partial charge in [-0.1, -0.05) is 57.2 Å². The van der Waals surface area contributed by atoms with E-state index in [1.807, 2.05) is 63.8 Å². The normalized spacial score (nSPS) is 25.4. The molecule has 3 amide bonds. The molecule has 6 N–H and O–H groups in total. The molecule has 0 spiro atoms. The van der Waals surface area contributed by atoms with Crippen LogP contribution in [0.1, 0.15) is 114 Å². The van der Waals surface area contributed by atoms with Crippen LogP contribution < -0.4 is 26.2 Å². The van der Waals surface area contributed by atoms with Crippen LogP contribution in [0.2, 0.25) is 0 Å². The number of phenolic OH excluding ortho intramolecular Hbond substituents is 1. The fourth-order valence-corrected chi connectivity index (χ4v) is 13.5. The maximum absolute atomic E-state index is 14.5. The number of hydrogen-bond donors (Lipinski definition) is 5. The summed E-state index contributed by atoms with van der Waals surface area (Å²) in [7, 11) is 0. The SMILES string of the molecule is Cc1ncsc1-c1ccc(C2(NC(=O)[C@@H]3C[C@@H](O)CN3C(=O)[C@@H](NC(=O)C3CCC(N4CCC(c5cnc(N6C7CCC6CN(c6cc(-c8ccccc8O)nnc6N)C7)nc5)CC4)CC3)C(C)(C)C)CC2)cc1. The molecule has 4 aliphatic heterocycles. The number of carbonyl (C=O) groups is 3. The number of amides is 3. The van der Waals surface area contributed by atoms with Crippen LogP contribution in [0.4, 0.5) is 17.5 Å². The van der Waals surface area contributed by atoms with Gasteiger partial charge in [0.2, 0.25) is 23.7 Å². The van der Waals surface area contributed by atoms with Crippen LogP contribution in [0, 0.1) is 18.3 Å². The van der Waals surface area contributed by atoms with Gasteiger partial charge >= 0.3 is 0 Å². The summed E-state index contributed by atoms with van der Waals surface area (Å²) >= 11 is 1.61. The number of rotatable bonds is 12. The number of aliphatic hydroxyl groups is 1. The van der Waals surface area contributed by atoms with E-state index in [1.165, 1.54) is 10.5 Å². The molecule has 74 heavy (non-hydrogen) atoms. The number of nitrogen functional groups attached to an aromatic ring is 1. The Labute approximate surface area is 437 Å². The van der Waals surface area contributed by atoms with E-state index < -0.39 is 29.1 Å². The van der Waals surface area contributed by atoms with Gasteiger partial charge in [0, 0.05) is 68.1 Å². The van der Waals surface area contributed by atoms with E-state index in [1.54, 1.807) is 23.5 Å². The minimum atomic E-state index is -0.856. The number of nitrogens with one attached hydrogen (secondary N) is 2. The first-order valence-electron chi connectivity index (χ1n) is 26.7. The number of hydrogen-bond acceptors (Lipinski definition) is 15. The number of anilines is 3. The molecule has 2 saturated carbocycles. The topological polar surface area (TPSA) is 219 Å². The molecule has 5 aromatic rings. The predicted molar refractivity (Wildman–Crippen MR) is 285 cm³/mol. The lowest BCUT2D eigenvalue weighted by Gasteiger charge is -2.42. The van der Waals surface area contributed by atoms with Crippen molar-refractivity contribution in [3.05, 3.63) is 89.3 Å². The van der Waals surface area contributed by atoms with Crippen LogP contribution in [0.25, 0.3) is 21.7 Å². The number of para-hydroxylation sites is 1. The molecule has 2 unspecified atom stereocenters. The number of aromatic nitrogens is 5. The van der Waals surface area contributed by atoms with Crippen LogP contribution in [0.5, 0.6) is 5.75 Å². The summed E-state index contributed by atoms with van der Waals surface area (Å²) < 4.78 is 0. The molecule has 7 heterocycles. The van der Waals surface area contributed by atoms with Crippen LogP contribution in [-0.2, 0) is 19.9 Å². The number of carbonyl (C=O) groups excluding carboxylic acids is 3. The summed E-state index contributed by atoms with van der Waals surface area (Å²) in [6.07, 6.45) is 12.4. The number of thiazole rings is 1. The Hall–Kier alpha value is -6.24. The predicted octanol–water partition coefficient (Wildman–Crippen LogP) is 6.55. The van der Waals surface area contributed by atoms with E-state index in [0.29, 0.717) is 29.0 Å². The van der Waals surface area contributed by atoms with E-state index in [0.717, 1.165) is 124 Å². The second-order valence-electron chi connectivity index (χ2n) is 23.0. The van der Waals surface area contributed by atoms with E-state index >= 15 is 0 Å². The first-order chi connectivity index (χ1) is 35.6. The number of aromatic hydroxyl groups is 1. The summed E-state index contributed by atoms with van der Waals surface area (Å²) in [6.45, 7) is 11.4. The molecule has 18 heteroatoms. The van der Waals surface area contributed by atoms with Crippen molar-refractivity contribution in [3.63, 3.8) is 0 Å². The molecule has 0 radical (unpaired) electrons. The molecule has 2 aliphatic carbocycles. The fraction of sp³-hybridized carbons (Fsp3) is 0.536. The Bertz CT molecular complexity index is 2840. The summed E-state index contributed by atoms with van der Waals surface area (Å²) in [4.78, 5) is 66.9. The van der Waals surface area contributed by atoms with E-state index in [4.69, 9.17) is 15.7 Å². The number of likely N-dealkylation sites (tertiary alicyclic amines) is 2. The van der Waals surface area contributed by atoms with E-state index in [9.17, 15) is 24.6 Å². The molecule has 5 atom stereocenters. The van der Waals surface area contributed by atoms with Crippen molar-refractivity contribution < 1.29 is 24.6 Å². The van der Waals surface area contributed by atoms with Gasteiger partial charge < -0.3 is 46.2 Å². The minimum Gasteiger partial charge on any atom is -0.507 e. The molecule has 390 valence electrons. The maximum atomic E-state index is 14.5. The number of nitrogens with two attached hydrogens (primary N) is 1. The zero-order chi connectivity index (χ0) is 51.5. The second kappa shape index (κ2) is 20.1. The lowest BCUT2D eigenvalue weighted by atomic mass is 9.81. The quantitative estimate of drug-likeness (QED) is 0.0896. The Kier molecular flexibility index (Phi) is 13.6. The number of β-amino-alcohol motifs (C(OH)–C–C–N with tert-alkyl or cyclic N) is 1. The van der Waals surface area contributed by atoms with Gasteiger partial charge in [0.1, 0.15) is 17.8 Å². The van der Waals surface area contributed by atoms with Crippen molar-refractivity contribution >= 4 is 46.5 Å². The molecule has 3 aromatic heterocycles. The molecular weight excluding hydrogens is 953 g/mol. The van der Waals surface area contributed by atoms with Gasteiger partial charge in [-0.25, -0.2) is 15.0 Å². The molecule has 11 rings (SSSR count). The van der Waals surface area contributed by atoms with Crippen molar-refractivity contribution in [2.75, 3.05) is 48.3 Å². The highest BCUT2D eigenvalue weighted by Crippen LogP contribution is 2.47. The third-order valence-corrected chi connectivity index (χ3v) is 18.1. The first-order valence-corrected chi connectivity index (χ1v) is 27.6. The highest BCUT2D eigenvalue weighted by Gasteiger charge is 2.51. The number of nitrogens with zero attached hydrogens (tertiary/aromatic N) is 9. The van der Waals surface area contributed by atoms with Crippen molar-refractivity contribution in [2.24, 2.45) is 11.3 Å². The summed E-state index contributed by atoms with van der Waals surface area (Å²) in [5.41, 5.74) is 13.4. The Balaban J connectivity index is 0.653. The van der Waals surface area contributed by atoms with E-state index in [2.05, 4.69) is 64.8 Å². The number of aliphatic hydroxyl groups excluding tert-OH is 1. The highest BCUT2D eigenvalue weighted by molar-refractivity contribution is 7.13. The van der Waals surface area contributed by atoms with Gasteiger partial charge in [0.25, 0.3) is 0 Å². The molecule has 2 bridgehead atoms. The van der Waals surface area contributed by atoms with E-state index in [-0.39, 0.29) is 54.4 Å². The van der Waals surface area contributed by atoms with Crippen molar-refractivity contribution in [3.8, 4) is 27.4 Å². The van der Waals surface area contributed by atoms with Crippen molar-refractivity contribution in [1.29, 1.82) is 0 Å². The molecule has 6 aliphatic rings. The zero-order valence-corrected chi connectivity index (χ0v) is 43.8. The Morgan fingerprint density at radius 1 is 0.838 bits per heavy atom. The number of benzene rings is 2. The second-order valence-corrected chi connectivity index (χ2v) is 23.8. The number of fused-ring (bicyclic) bond motifs is 2. The molecule has 2 aromatic carbocycles. The summed E-state index contributed by atoms with van der Waals surface area (Å²) in [6, 6.07) is 16.5. The minimum absolute atomic E-state index is 0.0442. The van der Waals surface area contributed by atoms with Gasteiger partial charge in [0.05, 0.1) is 39.1 Å². The van der Waals surface area contributed by atoms with Crippen LogP contribution >= 0.6 is 11.3 Å². The lowest BCUT2D eigenvalue weighted by molar-refractivity contribution is -0.145. The standard InChI is InChI=1S/C56H70N12O5S/c1-33-48(74-32-60-33)35-9-13-38(14-10-35)56(21-22-56)62-52(72)46-25-42(69)31-67(46)53(73)49(55(2,3)4)61-51(71)36-11-15-39(16-12-36)65-23-19-34(20-24-65)37-27-58-54(59-28-37)68-40-17-18-41(68)30-66(29-40)45-26-44(63-64-50(45)57)43-7-5-6-8-47(43)70/h5-10,13-14,26-28,32,34,36,39-42,46,49,69-70H,11-12,15-25,29-31H2,1-4H3,(H2,57,64)(H,61,71)(H,62,72)/t36?,39?,40?,41?,42-,46+,49-/m1/s1. The number of aryl methyl sites for hydroxylation is 1. The van der Waals surface area contributed by atoms with Gasteiger partial charge in [-0.3, -0.25) is 14.4 Å². The molecule has 17 nitrogen and oxygen atoms in total. The summed E-state index contributed by atoms with van der Waals surface area (Å²) in [5.74, 6) is 0.779. The number of phenols is 1. The number of piperazine rings is 1. The largest absolute Gasteiger partial charge is 0.507 e. The van der Waals surface area contributed by atoms with Crippen LogP contribution in [0.3, 0.4) is 0 Å². The first kappa shape index (κ1) is 49.9. The molecule has 6 fully saturated rings. The number of piperidine rings is 1. The lowest BCUT2D eigenvalue weighted by Crippen LogP contribution is -2.59. The van der Waals surface area contributed by atoms with Crippen molar-refractivity contribution in [1.82, 2.24) is 45.6 Å². The average molecular weight is 1020 g/mol. The van der Waals surface area contributed by atoms with Crippen LogP contribution in [-0.4, -0.2) is 132 Å². The van der Waals surface area contributed by atoms with Gasteiger partial charge in [-0.2, -0.15) is 0 Å². The molecular formula is C56H70N12O5S. The van der Waals surface area contributed by atoms with Gasteiger partial charge in [0.15, 0.2) is 5.82 Å². The third-order valence-electron chi connectivity index (χ3n) is 17.1. The van der Waals surface area contributed by atoms with Gasteiger partial charge in [-0.05, 0) is 130 Å². The molecule has 4 saturated heterocycles. The fourth-order valence-electron chi connectivity index (χ4n) is 12.7. The zero-order valence-electron chi connectivity index (χ0n) is 43.0. The summed E-state index contributed by atoms with van der Waals surface area (Å²) in [5, 5.41) is 36.3. The van der Waals surface area contributed by atoms with Crippen LogP contribution in [0.15, 0.2) is 72.5 Å². The average Bonchev–Trinajstić information content (AvgIpc) is 3.73.